The normalized spacial score (nSPS) is 26.2. The molecule has 1 saturated carbocycles. The van der Waals surface area contributed by atoms with Gasteiger partial charge in [-0.05, 0) is 50.5 Å². The van der Waals surface area contributed by atoms with Crippen molar-refractivity contribution in [3.05, 3.63) is 35.9 Å². The second-order valence-corrected chi connectivity index (χ2v) is 10.8. The molecule has 0 spiro atoms. The molecule has 12 heteroatoms. The van der Waals surface area contributed by atoms with E-state index in [2.05, 4.69) is 43.0 Å². The molecular weight excluding hydrogens is 583 g/mol. The summed E-state index contributed by atoms with van der Waals surface area (Å²) in [5, 5.41) is 11.1. The number of alkyl halides is 3. The van der Waals surface area contributed by atoms with Crippen molar-refractivity contribution in [2.24, 2.45) is 5.92 Å². The maximum Gasteiger partial charge on any atom is 0.284 e. The molecule has 2 saturated heterocycles. The molecule has 2 unspecified atom stereocenters. The highest BCUT2D eigenvalue weighted by atomic mass is 127. The highest BCUT2D eigenvalue weighted by Crippen LogP contribution is 2.35. The van der Waals surface area contributed by atoms with Crippen LogP contribution in [0.25, 0.3) is 5.65 Å². The summed E-state index contributed by atoms with van der Waals surface area (Å²) >= 11 is 2.40. The van der Waals surface area contributed by atoms with Crippen LogP contribution in [0.5, 0.6) is 0 Å². The molecule has 2 atom stereocenters. The van der Waals surface area contributed by atoms with Crippen LogP contribution in [0.3, 0.4) is 0 Å². The van der Waals surface area contributed by atoms with E-state index in [9.17, 15) is 13.6 Å². The lowest BCUT2D eigenvalue weighted by Gasteiger charge is -2.32. The lowest BCUT2D eigenvalue weighted by Crippen LogP contribution is -2.43. The fraction of sp³-hybridized carbons (Fsp3) is 0.583. The van der Waals surface area contributed by atoms with E-state index < -0.39 is 18.0 Å². The van der Waals surface area contributed by atoms with E-state index in [1.165, 1.54) is 10.7 Å². The summed E-state index contributed by atoms with van der Waals surface area (Å²) in [6.07, 6.45) is 8.34. The second-order valence-electron chi connectivity index (χ2n) is 9.97. The smallest absolute Gasteiger partial charge is 0.284 e. The number of amides is 1. The summed E-state index contributed by atoms with van der Waals surface area (Å²) in [7, 11) is 0. The van der Waals surface area contributed by atoms with Gasteiger partial charge in [0.05, 0.1) is 30.1 Å². The molecule has 9 nitrogen and oxygen atoms in total. The summed E-state index contributed by atoms with van der Waals surface area (Å²) in [6, 6.07) is 1.94. The molecule has 1 N–H and O–H groups in total. The zero-order valence-corrected chi connectivity index (χ0v) is 21.9. The summed E-state index contributed by atoms with van der Waals surface area (Å²) in [5.41, 5.74) is 0.232. The molecule has 3 aliphatic rings. The standard InChI is InChI=1S/C24H28F2IN7O2/c25-22(26)21-19(13-34(31-21)15-3-1-14(9-27)2-4-15)29-24(35)18-10-28-33-8-7-20(30-23(18)33)32-11-16-5-6-17(12-32)36-16/h7-8,10,13-17,22H,1-6,9,11-12H2,(H,29,35). The van der Waals surface area contributed by atoms with E-state index in [-0.39, 0.29) is 29.5 Å². The average molecular weight is 611 g/mol. The Morgan fingerprint density at radius 1 is 1.17 bits per heavy atom. The van der Waals surface area contributed by atoms with E-state index in [4.69, 9.17) is 9.72 Å². The Bertz CT molecular complexity index is 1240. The molecule has 5 heterocycles. The first-order chi connectivity index (χ1) is 17.5. The number of carbonyl (C=O) groups excluding carboxylic acids is 1. The van der Waals surface area contributed by atoms with Gasteiger partial charge in [0.2, 0.25) is 0 Å². The van der Waals surface area contributed by atoms with Gasteiger partial charge in [0, 0.05) is 29.9 Å². The molecular formula is C24H28F2IN7O2. The number of hydrogen-bond acceptors (Lipinski definition) is 6. The Morgan fingerprint density at radius 2 is 1.92 bits per heavy atom. The minimum Gasteiger partial charge on any atom is -0.371 e. The van der Waals surface area contributed by atoms with E-state index in [1.54, 1.807) is 17.1 Å². The highest BCUT2D eigenvalue weighted by molar-refractivity contribution is 14.1. The molecule has 2 aliphatic heterocycles. The third-order valence-corrected chi connectivity index (χ3v) is 8.84. The molecule has 36 heavy (non-hydrogen) atoms. The fourth-order valence-electron chi connectivity index (χ4n) is 5.60. The van der Waals surface area contributed by atoms with Crippen molar-refractivity contribution in [3.8, 4) is 0 Å². The number of anilines is 2. The van der Waals surface area contributed by atoms with Crippen molar-refractivity contribution < 1.29 is 18.3 Å². The molecule has 6 rings (SSSR count). The van der Waals surface area contributed by atoms with Gasteiger partial charge in [-0.15, -0.1) is 0 Å². The number of aromatic nitrogens is 5. The van der Waals surface area contributed by atoms with Gasteiger partial charge in [0.25, 0.3) is 12.3 Å². The molecule has 2 bridgehead atoms. The van der Waals surface area contributed by atoms with Gasteiger partial charge in [0.15, 0.2) is 11.3 Å². The minimum atomic E-state index is -2.79. The van der Waals surface area contributed by atoms with Crippen molar-refractivity contribution in [2.45, 2.75) is 63.2 Å². The van der Waals surface area contributed by atoms with Crippen molar-refractivity contribution in [2.75, 3.05) is 27.7 Å². The van der Waals surface area contributed by atoms with Crippen molar-refractivity contribution in [3.63, 3.8) is 0 Å². The summed E-state index contributed by atoms with van der Waals surface area (Å²) in [6.45, 7) is 1.51. The van der Waals surface area contributed by atoms with Crippen LogP contribution in [0, 0.1) is 5.92 Å². The molecule has 1 aliphatic carbocycles. The van der Waals surface area contributed by atoms with Crippen LogP contribution in [-0.2, 0) is 4.74 Å². The number of nitrogens with zero attached hydrogens (tertiary/aromatic N) is 6. The minimum absolute atomic E-state index is 0.0336. The van der Waals surface area contributed by atoms with Gasteiger partial charge < -0.3 is 15.0 Å². The summed E-state index contributed by atoms with van der Waals surface area (Å²) in [5.74, 6) is 0.888. The zero-order chi connectivity index (χ0) is 24.8. The lowest BCUT2D eigenvalue weighted by atomic mass is 9.87. The molecule has 3 aromatic rings. The Hall–Kier alpha value is -2.35. The van der Waals surface area contributed by atoms with Crippen LogP contribution < -0.4 is 10.2 Å². The van der Waals surface area contributed by atoms with Crippen LogP contribution in [0.4, 0.5) is 20.3 Å². The first-order valence-corrected chi connectivity index (χ1v) is 14.0. The Kier molecular flexibility index (Phi) is 6.56. The van der Waals surface area contributed by atoms with Gasteiger partial charge in [-0.2, -0.15) is 10.2 Å². The SMILES string of the molecule is O=C(Nc1cn(C2CCC(CI)CC2)nc1C(F)F)c1cnn2ccc(N3CC4CCC(C3)O4)nc12. The number of morpholine rings is 1. The van der Waals surface area contributed by atoms with E-state index in [0.717, 1.165) is 61.9 Å². The monoisotopic (exact) mass is 611 g/mol. The number of halogens is 3. The fourth-order valence-corrected chi connectivity index (χ4v) is 6.48. The Balaban J connectivity index is 1.23. The van der Waals surface area contributed by atoms with Gasteiger partial charge in [-0.25, -0.2) is 18.3 Å². The Morgan fingerprint density at radius 3 is 2.61 bits per heavy atom. The number of hydrogen-bond donors (Lipinski definition) is 1. The first kappa shape index (κ1) is 24.0. The van der Waals surface area contributed by atoms with Gasteiger partial charge >= 0.3 is 0 Å². The number of nitrogens with one attached hydrogen (secondary N) is 1. The first-order valence-electron chi connectivity index (χ1n) is 12.5. The molecule has 0 aromatic carbocycles. The third-order valence-electron chi connectivity index (χ3n) is 7.59. The topological polar surface area (TPSA) is 89.6 Å². The maximum atomic E-state index is 13.8. The van der Waals surface area contributed by atoms with Gasteiger partial charge in [-0.3, -0.25) is 9.48 Å². The Labute approximate surface area is 220 Å². The van der Waals surface area contributed by atoms with Crippen LogP contribution in [-0.4, -0.2) is 60.0 Å². The maximum absolute atomic E-state index is 13.8. The highest BCUT2D eigenvalue weighted by Gasteiger charge is 2.34. The number of rotatable bonds is 6. The van der Waals surface area contributed by atoms with Crippen LogP contribution in [0.15, 0.2) is 24.7 Å². The summed E-state index contributed by atoms with van der Waals surface area (Å²) in [4.78, 5) is 20.1. The number of ether oxygens (including phenoxy) is 1. The summed E-state index contributed by atoms with van der Waals surface area (Å²) < 4.78 is 37.8. The molecule has 3 aromatic heterocycles. The average Bonchev–Trinajstić information content (AvgIpc) is 3.60. The second kappa shape index (κ2) is 9.84. The largest absolute Gasteiger partial charge is 0.371 e. The van der Waals surface area contributed by atoms with Crippen LogP contribution in [0.1, 0.15) is 67.0 Å². The van der Waals surface area contributed by atoms with E-state index in [0.29, 0.717) is 11.6 Å². The predicted molar refractivity (Wildman–Crippen MR) is 138 cm³/mol. The van der Waals surface area contributed by atoms with Gasteiger partial charge in [-0.1, -0.05) is 22.6 Å². The van der Waals surface area contributed by atoms with E-state index in [1.807, 2.05) is 6.07 Å². The molecule has 1 amide bonds. The van der Waals surface area contributed by atoms with Crippen molar-refractivity contribution in [1.82, 2.24) is 24.4 Å². The third kappa shape index (κ3) is 4.57. The molecule has 192 valence electrons. The van der Waals surface area contributed by atoms with Crippen LogP contribution >= 0.6 is 22.6 Å². The van der Waals surface area contributed by atoms with Gasteiger partial charge in [0.1, 0.15) is 11.4 Å². The molecule has 0 radical (unpaired) electrons. The molecule has 3 fully saturated rings. The zero-order valence-electron chi connectivity index (χ0n) is 19.7. The van der Waals surface area contributed by atoms with Crippen LogP contribution in [0.2, 0.25) is 0 Å². The van der Waals surface area contributed by atoms with Crippen molar-refractivity contribution >= 4 is 45.7 Å². The van der Waals surface area contributed by atoms with E-state index >= 15 is 0 Å². The quantitative estimate of drug-likeness (QED) is 0.323. The van der Waals surface area contributed by atoms with Crippen molar-refractivity contribution in [1.29, 1.82) is 0 Å². The lowest BCUT2D eigenvalue weighted by molar-refractivity contribution is 0.0302. The predicted octanol–water partition coefficient (Wildman–Crippen LogP) is 4.65. The number of fused-ring (bicyclic) bond motifs is 3. The number of carbonyl (C=O) groups is 1.